The van der Waals surface area contributed by atoms with Gasteiger partial charge < -0.3 is 14.5 Å². The lowest BCUT2D eigenvalue weighted by atomic mass is 10.0. The van der Waals surface area contributed by atoms with Crippen molar-refractivity contribution in [3.8, 4) is 5.75 Å². The number of aromatic amines is 1. The summed E-state index contributed by atoms with van der Waals surface area (Å²) in [4.78, 5) is 29.2. The lowest BCUT2D eigenvalue weighted by Gasteiger charge is -2.41. The quantitative estimate of drug-likeness (QED) is 0.848. The molecule has 0 spiro atoms. The zero-order valence-corrected chi connectivity index (χ0v) is 16.1. The second-order valence-electron chi connectivity index (χ2n) is 6.84. The van der Waals surface area contributed by atoms with Crippen LogP contribution < -0.4 is 9.64 Å². The molecule has 1 N–H and O–H groups in total. The van der Waals surface area contributed by atoms with E-state index in [1.807, 2.05) is 31.2 Å². The van der Waals surface area contributed by atoms with Crippen LogP contribution in [0.2, 0.25) is 0 Å². The predicted octanol–water partition coefficient (Wildman–Crippen LogP) is 2.77. The van der Waals surface area contributed by atoms with Gasteiger partial charge in [-0.1, -0.05) is 31.9 Å². The Balaban J connectivity index is 1.87. The Morgan fingerprint density at radius 3 is 2.81 bits per heavy atom. The van der Waals surface area contributed by atoms with E-state index in [9.17, 15) is 9.59 Å². The van der Waals surface area contributed by atoms with Gasteiger partial charge in [-0.05, 0) is 31.5 Å². The van der Waals surface area contributed by atoms with Gasteiger partial charge in [0.25, 0.3) is 5.91 Å². The number of hydrogen-bond donors (Lipinski definition) is 1. The van der Waals surface area contributed by atoms with Crippen LogP contribution in [0, 0.1) is 6.92 Å². The summed E-state index contributed by atoms with van der Waals surface area (Å²) in [6, 6.07) is 9.14. The largest absolute Gasteiger partial charge is 0.495 e. The molecule has 1 aromatic heterocycles. The first kappa shape index (κ1) is 18.9. The van der Waals surface area contributed by atoms with E-state index in [2.05, 4.69) is 17.1 Å². The third-order valence-electron chi connectivity index (χ3n) is 4.89. The Morgan fingerprint density at radius 1 is 1.37 bits per heavy atom. The van der Waals surface area contributed by atoms with Gasteiger partial charge in [0, 0.05) is 12.2 Å². The van der Waals surface area contributed by atoms with Crippen molar-refractivity contribution in [2.75, 3.05) is 25.1 Å². The number of nitrogens with one attached hydrogen (secondary N) is 1. The Bertz CT molecular complexity index is 817. The third-order valence-corrected chi connectivity index (χ3v) is 4.89. The van der Waals surface area contributed by atoms with Crippen molar-refractivity contribution >= 4 is 17.5 Å². The number of nitrogens with zero attached hydrogens (tertiary/aromatic N) is 3. The molecular formula is C20H26N4O3. The van der Waals surface area contributed by atoms with Crippen LogP contribution in [0.15, 0.2) is 30.3 Å². The van der Waals surface area contributed by atoms with Crippen LogP contribution in [0.1, 0.15) is 42.4 Å². The van der Waals surface area contributed by atoms with Gasteiger partial charge in [-0.15, -0.1) is 0 Å². The van der Waals surface area contributed by atoms with Gasteiger partial charge in [-0.25, -0.2) is 0 Å². The number of carbonyl (C=O) groups excluding carboxylic acids is 2. The number of rotatable bonds is 6. The number of benzene rings is 1. The molecule has 0 radical (unpaired) electrons. The molecule has 2 heterocycles. The van der Waals surface area contributed by atoms with E-state index in [0.717, 1.165) is 30.6 Å². The molecule has 1 saturated heterocycles. The summed E-state index contributed by atoms with van der Waals surface area (Å²) in [5.41, 5.74) is 1.92. The fraction of sp³-hybridized carbons (Fsp3) is 0.450. The highest BCUT2D eigenvalue weighted by molar-refractivity contribution is 6.02. The summed E-state index contributed by atoms with van der Waals surface area (Å²) in [5.74, 6) is 0.337. The van der Waals surface area contributed by atoms with Crippen molar-refractivity contribution in [3.63, 3.8) is 0 Å². The normalized spacial score (nSPS) is 17.3. The number of H-pyrrole nitrogens is 1. The number of aryl methyl sites for hydroxylation is 1. The number of piperazine rings is 1. The molecule has 2 amide bonds. The van der Waals surface area contributed by atoms with E-state index in [1.54, 1.807) is 23.0 Å². The van der Waals surface area contributed by atoms with Gasteiger partial charge in [0.15, 0.2) is 0 Å². The maximum atomic E-state index is 12.9. The maximum absolute atomic E-state index is 12.9. The number of aromatic nitrogens is 2. The molecule has 1 aliphatic rings. The summed E-state index contributed by atoms with van der Waals surface area (Å²) >= 11 is 0. The Morgan fingerprint density at radius 2 is 2.15 bits per heavy atom. The van der Waals surface area contributed by atoms with E-state index in [1.165, 1.54) is 0 Å². The zero-order chi connectivity index (χ0) is 19.4. The van der Waals surface area contributed by atoms with Gasteiger partial charge in [0.1, 0.15) is 18.0 Å². The van der Waals surface area contributed by atoms with Crippen LogP contribution in [0.25, 0.3) is 0 Å². The van der Waals surface area contributed by atoms with E-state index in [-0.39, 0.29) is 24.4 Å². The summed E-state index contributed by atoms with van der Waals surface area (Å²) < 4.78 is 5.42. The molecule has 1 aromatic carbocycles. The number of methoxy groups -OCH3 is 1. The minimum atomic E-state index is -0.200. The smallest absolute Gasteiger partial charge is 0.275 e. The standard InChI is InChI=1S/C20H26N4O3/c1-4-5-8-15-12-24(17-9-6-7-10-18(17)27-3)19(25)13-23(15)20(26)16-11-14(2)21-22-16/h6-7,9-11,15H,4-5,8,12-13H2,1-3H3,(H,21,22)/t15-/m0/s1. The zero-order valence-electron chi connectivity index (χ0n) is 16.1. The SMILES string of the molecule is CCCC[C@H]1CN(c2ccccc2OC)C(=O)CN1C(=O)c1cc(C)[nH]n1. The minimum absolute atomic E-state index is 0.0389. The first-order valence-electron chi connectivity index (χ1n) is 9.31. The topological polar surface area (TPSA) is 78.5 Å². The van der Waals surface area contributed by atoms with Crippen molar-refractivity contribution in [2.45, 2.75) is 39.2 Å². The van der Waals surface area contributed by atoms with Crippen molar-refractivity contribution in [1.29, 1.82) is 0 Å². The maximum Gasteiger partial charge on any atom is 0.275 e. The number of anilines is 1. The molecule has 27 heavy (non-hydrogen) atoms. The molecule has 7 nitrogen and oxygen atoms in total. The van der Waals surface area contributed by atoms with Gasteiger partial charge in [-0.3, -0.25) is 14.7 Å². The van der Waals surface area contributed by atoms with Crippen LogP contribution >= 0.6 is 0 Å². The first-order valence-corrected chi connectivity index (χ1v) is 9.31. The van der Waals surface area contributed by atoms with Crippen LogP contribution in [0.4, 0.5) is 5.69 Å². The molecule has 1 fully saturated rings. The fourth-order valence-corrected chi connectivity index (χ4v) is 3.46. The average Bonchev–Trinajstić information content (AvgIpc) is 3.12. The first-order chi connectivity index (χ1) is 13.0. The highest BCUT2D eigenvalue weighted by atomic mass is 16.5. The van der Waals surface area contributed by atoms with Gasteiger partial charge >= 0.3 is 0 Å². The molecular weight excluding hydrogens is 344 g/mol. The lowest BCUT2D eigenvalue weighted by molar-refractivity contribution is -0.121. The van der Waals surface area contributed by atoms with E-state index >= 15 is 0 Å². The minimum Gasteiger partial charge on any atom is -0.495 e. The van der Waals surface area contributed by atoms with Crippen LogP contribution in [-0.4, -0.2) is 53.2 Å². The van der Waals surface area contributed by atoms with Crippen LogP contribution in [0.5, 0.6) is 5.75 Å². The molecule has 0 aliphatic carbocycles. The molecule has 1 atom stereocenters. The van der Waals surface area contributed by atoms with Crippen molar-refractivity contribution in [3.05, 3.63) is 41.7 Å². The van der Waals surface area contributed by atoms with Crippen molar-refractivity contribution in [1.82, 2.24) is 15.1 Å². The van der Waals surface area contributed by atoms with E-state index in [0.29, 0.717) is 18.0 Å². The number of amides is 2. The lowest BCUT2D eigenvalue weighted by Crippen LogP contribution is -2.58. The number of carbonyl (C=O) groups is 2. The highest BCUT2D eigenvalue weighted by Crippen LogP contribution is 2.31. The number of unbranched alkanes of at least 4 members (excludes halogenated alkanes) is 1. The molecule has 144 valence electrons. The second-order valence-corrected chi connectivity index (χ2v) is 6.84. The molecule has 0 bridgehead atoms. The Labute approximate surface area is 159 Å². The van der Waals surface area contributed by atoms with Gasteiger partial charge in [0.2, 0.25) is 5.91 Å². The molecule has 0 saturated carbocycles. The van der Waals surface area contributed by atoms with Crippen molar-refractivity contribution < 1.29 is 14.3 Å². The molecule has 1 aliphatic heterocycles. The van der Waals surface area contributed by atoms with E-state index < -0.39 is 0 Å². The number of para-hydroxylation sites is 2. The summed E-state index contributed by atoms with van der Waals surface area (Å²) in [6.07, 6.45) is 2.86. The van der Waals surface area contributed by atoms with Crippen LogP contribution in [-0.2, 0) is 4.79 Å². The average molecular weight is 370 g/mol. The summed E-state index contributed by atoms with van der Waals surface area (Å²) in [6.45, 7) is 4.46. The van der Waals surface area contributed by atoms with Crippen molar-refractivity contribution in [2.24, 2.45) is 0 Å². The molecule has 3 rings (SSSR count). The van der Waals surface area contributed by atoms with E-state index in [4.69, 9.17) is 4.74 Å². The third kappa shape index (κ3) is 3.97. The van der Waals surface area contributed by atoms with Gasteiger partial charge in [0.05, 0.1) is 18.8 Å². The predicted molar refractivity (Wildman–Crippen MR) is 103 cm³/mol. The van der Waals surface area contributed by atoms with Crippen LogP contribution in [0.3, 0.4) is 0 Å². The second kappa shape index (κ2) is 8.24. The monoisotopic (exact) mass is 370 g/mol. The number of hydrogen-bond acceptors (Lipinski definition) is 4. The summed E-state index contributed by atoms with van der Waals surface area (Å²) in [7, 11) is 1.59. The molecule has 0 unspecified atom stereocenters. The fourth-order valence-electron chi connectivity index (χ4n) is 3.46. The Hall–Kier alpha value is -2.83. The summed E-state index contributed by atoms with van der Waals surface area (Å²) in [5, 5.41) is 6.87. The Kier molecular flexibility index (Phi) is 5.78. The molecule has 2 aromatic rings. The highest BCUT2D eigenvalue weighted by Gasteiger charge is 2.37. The number of ether oxygens (including phenoxy) is 1. The van der Waals surface area contributed by atoms with Gasteiger partial charge in [-0.2, -0.15) is 5.10 Å². The molecule has 7 heteroatoms.